The monoisotopic (exact) mass is 288 g/mol. The van der Waals surface area contributed by atoms with Crippen LogP contribution in [0, 0.1) is 0 Å². The molecular formula is C9H13AsN2O4. The number of carbonyl (C=O) groups excluding carboxylic acids is 1. The van der Waals surface area contributed by atoms with E-state index in [1.807, 2.05) is 0 Å². The fourth-order valence-corrected chi connectivity index (χ4v) is 3.05. The molecule has 0 saturated heterocycles. The molecule has 88 valence electrons. The van der Waals surface area contributed by atoms with Crippen LogP contribution in [0.2, 0.25) is 0 Å². The maximum atomic E-state index is 11.5. The topological polar surface area (TPSA) is 92.3 Å². The van der Waals surface area contributed by atoms with Gasteiger partial charge in [0.2, 0.25) is 0 Å². The number of nitrogens with one attached hydrogen (secondary N) is 1. The van der Waals surface area contributed by atoms with Crippen molar-refractivity contribution in [2.45, 2.75) is 26.4 Å². The van der Waals surface area contributed by atoms with E-state index in [0.717, 1.165) is 0 Å². The summed E-state index contributed by atoms with van der Waals surface area (Å²) < 4.78 is 5.22. The second-order valence-corrected chi connectivity index (χ2v) is 6.59. The molecule has 0 amide bonds. The van der Waals surface area contributed by atoms with Crippen molar-refractivity contribution < 1.29 is 19.4 Å². The van der Waals surface area contributed by atoms with Gasteiger partial charge in [-0.05, 0) is 0 Å². The molecule has 0 fully saturated rings. The molecule has 0 spiro atoms. The van der Waals surface area contributed by atoms with Gasteiger partial charge in [0.05, 0.1) is 0 Å². The molecule has 0 aliphatic heterocycles. The minimum absolute atomic E-state index is 0.0918. The molecule has 7 heteroatoms. The normalized spacial score (nSPS) is 11.9. The fourth-order valence-electron chi connectivity index (χ4n) is 0.962. The Morgan fingerprint density at radius 1 is 1.50 bits per heavy atom. The van der Waals surface area contributed by atoms with Crippen molar-refractivity contribution in [3.05, 3.63) is 11.9 Å². The van der Waals surface area contributed by atoms with E-state index in [4.69, 9.17) is 9.84 Å². The first kappa shape index (κ1) is 12.8. The van der Waals surface area contributed by atoms with Gasteiger partial charge in [-0.25, -0.2) is 0 Å². The molecule has 0 aliphatic carbocycles. The van der Waals surface area contributed by atoms with E-state index < -0.39 is 27.3 Å². The molecule has 2 N–H and O–H groups in total. The first-order valence-corrected chi connectivity index (χ1v) is 6.66. The Kier molecular flexibility index (Phi) is 3.75. The van der Waals surface area contributed by atoms with Crippen molar-refractivity contribution in [3.8, 4) is 0 Å². The molecule has 6 nitrogen and oxygen atoms in total. The van der Waals surface area contributed by atoms with E-state index in [0.29, 0.717) is 4.35 Å². The third-order valence-electron chi connectivity index (χ3n) is 1.48. The Bertz CT molecular complexity index is 408. The average molecular weight is 288 g/mol. The van der Waals surface area contributed by atoms with Crippen LogP contribution in [0.1, 0.15) is 31.3 Å². The van der Waals surface area contributed by atoms with Crippen molar-refractivity contribution in [2.24, 2.45) is 0 Å². The minimum atomic E-state index is -1.30. The van der Waals surface area contributed by atoms with Crippen LogP contribution in [0.4, 0.5) is 4.79 Å². The van der Waals surface area contributed by atoms with Crippen LogP contribution >= 0.6 is 0 Å². The molecule has 1 atom stereocenters. The summed E-state index contributed by atoms with van der Waals surface area (Å²) in [6, 6.07) is 0. The van der Waals surface area contributed by atoms with Crippen molar-refractivity contribution in [1.29, 1.82) is 0 Å². The fraction of sp³-hybridized carbons (Fsp3) is 0.444. The quantitative estimate of drug-likeness (QED) is 0.770. The van der Waals surface area contributed by atoms with Gasteiger partial charge in [-0.3, -0.25) is 0 Å². The van der Waals surface area contributed by atoms with Crippen LogP contribution in [0.3, 0.4) is 0 Å². The molecule has 0 aromatic carbocycles. The van der Waals surface area contributed by atoms with E-state index >= 15 is 0 Å². The number of aromatic nitrogens is 2. The molecular weight excluding hydrogens is 275 g/mol. The van der Waals surface area contributed by atoms with E-state index in [1.165, 1.54) is 6.20 Å². The molecule has 1 unspecified atom stereocenters. The van der Waals surface area contributed by atoms with Crippen molar-refractivity contribution in [3.63, 3.8) is 0 Å². The third kappa shape index (κ3) is 3.70. The van der Waals surface area contributed by atoms with Crippen molar-refractivity contribution in [1.82, 2.24) is 10.2 Å². The van der Waals surface area contributed by atoms with Gasteiger partial charge in [0.15, 0.2) is 0 Å². The summed E-state index contributed by atoms with van der Waals surface area (Å²) >= 11 is -1.30. The van der Waals surface area contributed by atoms with E-state index in [1.54, 1.807) is 20.8 Å². The van der Waals surface area contributed by atoms with Crippen LogP contribution in [-0.2, 0) is 4.74 Å². The summed E-state index contributed by atoms with van der Waals surface area (Å²) in [5, 5.41) is 14.8. The summed E-state index contributed by atoms with van der Waals surface area (Å²) in [6.45, 7) is 5.31. The summed E-state index contributed by atoms with van der Waals surface area (Å²) in [5.41, 5.74) is -0.640. The molecule has 0 bridgehead atoms. The Labute approximate surface area is 99.1 Å². The zero-order valence-corrected chi connectivity index (χ0v) is 11.3. The average Bonchev–Trinajstić information content (AvgIpc) is 2.47. The zero-order valence-electron chi connectivity index (χ0n) is 9.20. The predicted octanol–water partition coefficient (Wildman–Crippen LogP) is 0.105. The van der Waals surface area contributed by atoms with Crippen LogP contribution in [0.25, 0.3) is 0 Å². The van der Waals surface area contributed by atoms with Crippen molar-refractivity contribution in [2.75, 3.05) is 0 Å². The van der Waals surface area contributed by atoms with Gasteiger partial charge in [0, 0.05) is 0 Å². The maximum absolute atomic E-state index is 11.5. The van der Waals surface area contributed by atoms with Crippen molar-refractivity contribution >= 4 is 30.8 Å². The SMILES string of the molecule is CC(C)(C)OC(=O)[AsH]c1c[nH]nc1C(=O)O. The van der Waals surface area contributed by atoms with E-state index in [9.17, 15) is 9.59 Å². The van der Waals surface area contributed by atoms with Gasteiger partial charge in [0.25, 0.3) is 0 Å². The van der Waals surface area contributed by atoms with Gasteiger partial charge in [-0.1, -0.05) is 0 Å². The Balaban J connectivity index is 2.70. The predicted molar refractivity (Wildman–Crippen MR) is 58.6 cm³/mol. The third-order valence-corrected chi connectivity index (χ3v) is 3.49. The van der Waals surface area contributed by atoms with Crippen LogP contribution < -0.4 is 4.35 Å². The second kappa shape index (κ2) is 4.70. The summed E-state index contributed by atoms with van der Waals surface area (Å²) in [7, 11) is 0. The van der Waals surface area contributed by atoms with E-state index in [-0.39, 0.29) is 10.5 Å². The number of carboxylic acids is 1. The number of hydrogen-bond donors (Lipinski definition) is 2. The van der Waals surface area contributed by atoms with Crippen LogP contribution in [0.15, 0.2) is 6.20 Å². The van der Waals surface area contributed by atoms with Gasteiger partial charge in [-0.15, -0.1) is 0 Å². The first-order chi connectivity index (χ1) is 7.29. The van der Waals surface area contributed by atoms with E-state index in [2.05, 4.69) is 10.2 Å². The number of carbonyl (C=O) groups is 2. The molecule has 1 aromatic rings. The van der Waals surface area contributed by atoms with Crippen LogP contribution in [0.5, 0.6) is 0 Å². The molecule has 1 rings (SSSR count). The van der Waals surface area contributed by atoms with Gasteiger partial charge in [-0.2, -0.15) is 0 Å². The molecule has 1 heterocycles. The van der Waals surface area contributed by atoms with Gasteiger partial charge < -0.3 is 0 Å². The number of H-pyrrole nitrogens is 1. The zero-order chi connectivity index (χ0) is 12.3. The number of aromatic carboxylic acids is 1. The van der Waals surface area contributed by atoms with Gasteiger partial charge >= 0.3 is 98.7 Å². The first-order valence-electron chi connectivity index (χ1n) is 4.56. The van der Waals surface area contributed by atoms with Crippen LogP contribution in [-0.4, -0.2) is 47.4 Å². The number of aromatic amines is 1. The number of ether oxygens (including phenoxy) is 1. The number of nitrogens with zero attached hydrogens (tertiary/aromatic N) is 1. The number of rotatable bonds is 3. The number of carboxylic acid groups (broad SMARTS) is 1. The molecule has 0 radical (unpaired) electrons. The molecule has 16 heavy (non-hydrogen) atoms. The molecule has 1 aromatic heterocycles. The Morgan fingerprint density at radius 2 is 2.12 bits per heavy atom. The molecule has 0 aliphatic rings. The number of hydrogen-bond acceptors (Lipinski definition) is 4. The standard InChI is InChI=1S/C9H13AsN2O4/c1-9(2,3)16-8(15)10-5-4-11-12-6(5)7(13)14/h4,10H,1-3H3,(H,11,12)(H,13,14). The van der Waals surface area contributed by atoms with Gasteiger partial charge in [0.1, 0.15) is 0 Å². The second-order valence-electron chi connectivity index (χ2n) is 4.08. The Hall–Kier alpha value is -1.29. The Morgan fingerprint density at radius 3 is 2.62 bits per heavy atom. The summed E-state index contributed by atoms with van der Waals surface area (Å²) in [5.74, 6) is -1.14. The molecule has 0 saturated carbocycles. The summed E-state index contributed by atoms with van der Waals surface area (Å²) in [4.78, 5) is 22.2. The summed E-state index contributed by atoms with van der Waals surface area (Å²) in [6.07, 6.45) is 1.44.